The van der Waals surface area contributed by atoms with Gasteiger partial charge in [-0.1, -0.05) is 65.4 Å². The first-order chi connectivity index (χ1) is 16.5. The highest BCUT2D eigenvalue weighted by molar-refractivity contribution is 8.15. The number of hydrogen-bond donors (Lipinski definition) is 1. The van der Waals surface area contributed by atoms with Crippen molar-refractivity contribution in [1.82, 2.24) is 5.32 Å². The Morgan fingerprint density at radius 1 is 0.941 bits per heavy atom. The van der Waals surface area contributed by atoms with Crippen LogP contribution in [0, 0.1) is 5.82 Å². The summed E-state index contributed by atoms with van der Waals surface area (Å²) in [7, 11) is 0. The summed E-state index contributed by atoms with van der Waals surface area (Å²) >= 11 is 1.02. The van der Waals surface area contributed by atoms with E-state index in [0.717, 1.165) is 39.7 Å². The van der Waals surface area contributed by atoms with Crippen LogP contribution in [-0.4, -0.2) is 35.3 Å². The minimum atomic E-state index is -0.382. The molecule has 1 aliphatic heterocycles. The SMILES string of the molecule is C/C(=N/OCCOc1ccc(CC2SC(=O)NC2=O)cc1)c1ccc(-c2ccc(F)cc2)cc1. The van der Waals surface area contributed by atoms with E-state index in [2.05, 4.69) is 10.5 Å². The molecule has 0 aromatic heterocycles. The largest absolute Gasteiger partial charge is 0.490 e. The zero-order valence-corrected chi connectivity index (χ0v) is 19.3. The summed E-state index contributed by atoms with van der Waals surface area (Å²) in [5.74, 6) is 0.186. The molecular formula is C26H23FN2O4S. The number of carbonyl (C=O) groups is 2. The number of hydrogen-bond acceptors (Lipinski definition) is 6. The molecule has 1 atom stereocenters. The van der Waals surface area contributed by atoms with Gasteiger partial charge in [0, 0.05) is 0 Å². The van der Waals surface area contributed by atoms with Crippen molar-refractivity contribution >= 4 is 28.6 Å². The van der Waals surface area contributed by atoms with Gasteiger partial charge in [-0.25, -0.2) is 4.39 Å². The molecule has 0 saturated carbocycles. The molecule has 3 aromatic rings. The third-order valence-corrected chi connectivity index (χ3v) is 6.22. The number of benzene rings is 3. The van der Waals surface area contributed by atoms with E-state index in [9.17, 15) is 14.0 Å². The summed E-state index contributed by atoms with van der Waals surface area (Å²) in [6.07, 6.45) is 0.491. The molecule has 1 fully saturated rings. The Morgan fingerprint density at radius 2 is 1.59 bits per heavy atom. The van der Waals surface area contributed by atoms with Gasteiger partial charge in [-0.05, 0) is 59.9 Å². The number of oxime groups is 1. The average molecular weight is 479 g/mol. The molecule has 0 bridgehead atoms. The van der Waals surface area contributed by atoms with Crippen LogP contribution >= 0.6 is 11.8 Å². The van der Waals surface area contributed by atoms with Crippen LogP contribution in [0.5, 0.6) is 5.75 Å². The Kier molecular flexibility index (Phi) is 7.59. The number of halogens is 1. The Hall–Kier alpha value is -3.65. The van der Waals surface area contributed by atoms with E-state index < -0.39 is 0 Å². The summed E-state index contributed by atoms with van der Waals surface area (Å²) in [5, 5.41) is 5.76. The standard InChI is InChI=1S/C26H23FN2O4S/c1-17(19-4-6-20(7-5-19)21-8-10-22(27)11-9-21)29-33-15-14-32-23-12-2-18(3-13-23)16-24-25(30)28-26(31)34-24/h2-13,24H,14-16H2,1H3,(H,28,30,31)/b29-17-. The second kappa shape index (κ2) is 11.0. The number of rotatable bonds is 9. The van der Waals surface area contributed by atoms with Gasteiger partial charge in [-0.3, -0.25) is 14.9 Å². The molecular weight excluding hydrogens is 455 g/mol. The molecule has 2 amide bonds. The van der Waals surface area contributed by atoms with Crippen LogP contribution in [-0.2, 0) is 16.1 Å². The fourth-order valence-corrected chi connectivity index (χ4v) is 4.26. The number of nitrogens with zero attached hydrogens (tertiary/aromatic N) is 1. The fraction of sp³-hybridized carbons (Fsp3) is 0.192. The Labute approximate surface area is 201 Å². The zero-order chi connectivity index (χ0) is 23.9. The van der Waals surface area contributed by atoms with Crippen LogP contribution in [0.2, 0.25) is 0 Å². The highest BCUT2D eigenvalue weighted by atomic mass is 32.2. The van der Waals surface area contributed by atoms with Crippen molar-refractivity contribution in [3.05, 3.63) is 89.7 Å². The predicted molar refractivity (Wildman–Crippen MR) is 131 cm³/mol. The van der Waals surface area contributed by atoms with E-state index in [1.807, 2.05) is 55.5 Å². The maximum Gasteiger partial charge on any atom is 0.286 e. The third-order valence-electron chi connectivity index (χ3n) is 5.24. The van der Waals surface area contributed by atoms with E-state index in [0.29, 0.717) is 18.8 Å². The second-order valence-electron chi connectivity index (χ2n) is 7.67. The number of amides is 2. The van der Waals surface area contributed by atoms with E-state index >= 15 is 0 Å². The van der Waals surface area contributed by atoms with Crippen LogP contribution in [0.15, 0.2) is 78.0 Å². The van der Waals surface area contributed by atoms with Crippen molar-refractivity contribution in [2.45, 2.75) is 18.6 Å². The van der Waals surface area contributed by atoms with E-state index in [1.54, 1.807) is 12.1 Å². The molecule has 1 N–H and O–H groups in total. The predicted octanol–water partition coefficient (Wildman–Crippen LogP) is 5.21. The average Bonchev–Trinajstić information content (AvgIpc) is 3.16. The van der Waals surface area contributed by atoms with E-state index in [-0.39, 0.29) is 28.8 Å². The van der Waals surface area contributed by atoms with Gasteiger partial charge in [0.05, 0.1) is 11.0 Å². The highest BCUT2D eigenvalue weighted by Gasteiger charge is 2.31. The summed E-state index contributed by atoms with van der Waals surface area (Å²) in [6.45, 7) is 2.48. The normalized spacial score (nSPS) is 15.8. The molecule has 0 radical (unpaired) electrons. The number of thioether (sulfide) groups is 1. The first-order valence-electron chi connectivity index (χ1n) is 10.7. The summed E-state index contributed by atoms with van der Waals surface area (Å²) in [5.41, 5.74) is 4.56. The van der Waals surface area contributed by atoms with Gasteiger partial charge in [0.1, 0.15) is 18.2 Å². The summed E-state index contributed by atoms with van der Waals surface area (Å²) in [6, 6.07) is 21.6. The maximum atomic E-state index is 13.1. The van der Waals surface area contributed by atoms with Gasteiger partial charge < -0.3 is 9.57 Å². The lowest BCUT2D eigenvalue weighted by Gasteiger charge is -2.09. The maximum absolute atomic E-state index is 13.1. The van der Waals surface area contributed by atoms with Gasteiger partial charge in [0.2, 0.25) is 5.91 Å². The molecule has 1 heterocycles. The Balaban J connectivity index is 1.21. The third kappa shape index (κ3) is 6.23. The number of carbonyl (C=O) groups excluding carboxylic acids is 2. The molecule has 0 spiro atoms. The molecule has 0 aliphatic carbocycles. The minimum Gasteiger partial charge on any atom is -0.490 e. The zero-order valence-electron chi connectivity index (χ0n) is 18.5. The minimum absolute atomic E-state index is 0.243. The van der Waals surface area contributed by atoms with E-state index in [1.165, 1.54) is 12.1 Å². The number of nitrogens with one attached hydrogen (secondary N) is 1. The molecule has 1 saturated heterocycles. The molecule has 3 aromatic carbocycles. The van der Waals surface area contributed by atoms with Gasteiger partial charge in [-0.15, -0.1) is 0 Å². The first-order valence-corrected chi connectivity index (χ1v) is 11.6. The molecule has 34 heavy (non-hydrogen) atoms. The highest BCUT2D eigenvalue weighted by Crippen LogP contribution is 2.24. The van der Waals surface area contributed by atoms with Gasteiger partial charge in [0.15, 0.2) is 6.61 Å². The number of ether oxygens (including phenoxy) is 1. The molecule has 174 valence electrons. The van der Waals surface area contributed by atoms with Crippen LogP contribution in [0.25, 0.3) is 11.1 Å². The van der Waals surface area contributed by atoms with Crippen LogP contribution < -0.4 is 10.1 Å². The topological polar surface area (TPSA) is 77.0 Å². The lowest BCUT2D eigenvalue weighted by Crippen LogP contribution is -2.25. The van der Waals surface area contributed by atoms with Crippen molar-refractivity contribution in [3.8, 4) is 16.9 Å². The molecule has 1 unspecified atom stereocenters. The quantitative estimate of drug-likeness (QED) is 0.260. The summed E-state index contributed by atoms with van der Waals surface area (Å²) < 4.78 is 18.8. The van der Waals surface area contributed by atoms with Crippen molar-refractivity contribution in [2.75, 3.05) is 13.2 Å². The molecule has 6 nitrogen and oxygen atoms in total. The Morgan fingerprint density at radius 3 is 2.21 bits per heavy atom. The molecule has 4 rings (SSSR count). The summed E-state index contributed by atoms with van der Waals surface area (Å²) in [4.78, 5) is 28.3. The lowest BCUT2D eigenvalue weighted by molar-refractivity contribution is -0.118. The van der Waals surface area contributed by atoms with Crippen LogP contribution in [0.1, 0.15) is 18.1 Å². The molecule has 1 aliphatic rings. The Bertz CT molecular complexity index is 1180. The van der Waals surface area contributed by atoms with Crippen molar-refractivity contribution in [3.63, 3.8) is 0 Å². The van der Waals surface area contributed by atoms with Crippen molar-refractivity contribution in [1.29, 1.82) is 0 Å². The monoisotopic (exact) mass is 478 g/mol. The lowest BCUT2D eigenvalue weighted by atomic mass is 10.0. The fourth-order valence-electron chi connectivity index (χ4n) is 3.40. The van der Waals surface area contributed by atoms with Gasteiger partial charge in [0.25, 0.3) is 5.24 Å². The van der Waals surface area contributed by atoms with E-state index in [4.69, 9.17) is 9.57 Å². The van der Waals surface area contributed by atoms with Gasteiger partial charge in [-0.2, -0.15) is 0 Å². The first kappa shape index (κ1) is 23.5. The number of imide groups is 1. The van der Waals surface area contributed by atoms with Gasteiger partial charge >= 0.3 is 0 Å². The van der Waals surface area contributed by atoms with Crippen molar-refractivity contribution < 1.29 is 23.6 Å². The molecule has 8 heteroatoms. The van der Waals surface area contributed by atoms with Crippen molar-refractivity contribution in [2.24, 2.45) is 5.16 Å². The van der Waals surface area contributed by atoms with Crippen LogP contribution in [0.3, 0.4) is 0 Å². The van der Waals surface area contributed by atoms with Crippen LogP contribution in [0.4, 0.5) is 9.18 Å². The second-order valence-corrected chi connectivity index (χ2v) is 8.85. The smallest absolute Gasteiger partial charge is 0.286 e.